The molecule has 1 heterocycles. The minimum Gasteiger partial charge on any atom is -0.493 e. The lowest BCUT2D eigenvalue weighted by atomic mass is 10.1. The van der Waals surface area contributed by atoms with Crippen LogP contribution in [-0.4, -0.2) is 33.4 Å². The molecule has 0 aromatic heterocycles. The first-order chi connectivity index (χ1) is 12.2. The van der Waals surface area contributed by atoms with Gasteiger partial charge in [0.2, 0.25) is 5.75 Å². The fourth-order valence-electron chi connectivity index (χ4n) is 2.40. The molecule has 6 nitrogen and oxygen atoms in total. The molecule has 0 aliphatic carbocycles. The van der Waals surface area contributed by atoms with Crippen LogP contribution < -0.4 is 23.7 Å². The summed E-state index contributed by atoms with van der Waals surface area (Å²) in [5, 5.41) is 0. The van der Waals surface area contributed by atoms with Gasteiger partial charge in [-0.3, -0.25) is 0 Å². The zero-order chi connectivity index (χ0) is 17.6. The van der Waals surface area contributed by atoms with Crippen molar-refractivity contribution in [2.75, 3.05) is 27.4 Å². The zero-order valence-corrected chi connectivity index (χ0v) is 14.0. The lowest BCUT2D eigenvalue weighted by Crippen LogP contribution is -2.16. The molecule has 6 heteroatoms. The first-order valence-electron chi connectivity index (χ1n) is 7.72. The van der Waals surface area contributed by atoms with Crippen LogP contribution in [0.3, 0.4) is 0 Å². The van der Waals surface area contributed by atoms with Crippen molar-refractivity contribution in [3.05, 3.63) is 48.0 Å². The fourth-order valence-corrected chi connectivity index (χ4v) is 2.40. The van der Waals surface area contributed by atoms with Crippen LogP contribution in [0.2, 0.25) is 0 Å². The summed E-state index contributed by atoms with van der Waals surface area (Å²) in [7, 11) is 3.07. The van der Waals surface area contributed by atoms with E-state index in [2.05, 4.69) is 0 Å². The molecule has 0 amide bonds. The summed E-state index contributed by atoms with van der Waals surface area (Å²) in [6.45, 7) is 0.947. The summed E-state index contributed by atoms with van der Waals surface area (Å²) >= 11 is 0. The van der Waals surface area contributed by atoms with Gasteiger partial charge in [-0.25, -0.2) is 4.79 Å². The quantitative estimate of drug-likeness (QED) is 0.473. The third kappa shape index (κ3) is 3.85. The van der Waals surface area contributed by atoms with Crippen molar-refractivity contribution < 1.29 is 28.5 Å². The highest BCUT2D eigenvalue weighted by atomic mass is 16.6. The molecule has 0 radical (unpaired) electrons. The van der Waals surface area contributed by atoms with Crippen LogP contribution in [0, 0.1) is 0 Å². The van der Waals surface area contributed by atoms with Crippen molar-refractivity contribution in [1.82, 2.24) is 0 Å². The van der Waals surface area contributed by atoms with Crippen LogP contribution in [0.1, 0.15) is 5.56 Å². The van der Waals surface area contributed by atoms with Crippen LogP contribution in [0.4, 0.5) is 0 Å². The number of hydrogen-bond donors (Lipinski definition) is 0. The highest BCUT2D eigenvalue weighted by Crippen LogP contribution is 2.40. The van der Waals surface area contributed by atoms with Crippen molar-refractivity contribution in [3.8, 4) is 28.7 Å². The Balaban J connectivity index is 1.76. The van der Waals surface area contributed by atoms with E-state index < -0.39 is 5.97 Å². The van der Waals surface area contributed by atoms with E-state index in [-0.39, 0.29) is 0 Å². The standard InChI is InChI=1S/C19H18O6/c1-21-14-5-3-4-6-15(14)25-18(20)8-7-13-11-16(22-2)19-17(12-13)23-9-10-24-19/h3-8,11-12H,9-10H2,1-2H3/b8-7+. The number of para-hydroxylation sites is 2. The first-order valence-corrected chi connectivity index (χ1v) is 7.72. The molecule has 0 fully saturated rings. The van der Waals surface area contributed by atoms with Gasteiger partial charge in [-0.05, 0) is 35.9 Å². The monoisotopic (exact) mass is 342 g/mol. The molecule has 0 spiro atoms. The summed E-state index contributed by atoms with van der Waals surface area (Å²) in [4.78, 5) is 12.0. The van der Waals surface area contributed by atoms with Gasteiger partial charge >= 0.3 is 5.97 Å². The second kappa shape index (κ2) is 7.61. The predicted octanol–water partition coefficient (Wildman–Crippen LogP) is 3.09. The number of methoxy groups -OCH3 is 2. The molecular formula is C19H18O6. The summed E-state index contributed by atoms with van der Waals surface area (Å²) in [5.41, 5.74) is 0.734. The number of benzene rings is 2. The molecule has 0 atom stereocenters. The Morgan fingerprint density at radius 1 is 1.00 bits per heavy atom. The number of ether oxygens (including phenoxy) is 5. The highest BCUT2D eigenvalue weighted by Gasteiger charge is 2.18. The molecule has 1 aliphatic rings. The van der Waals surface area contributed by atoms with Gasteiger partial charge in [-0.2, -0.15) is 0 Å². The molecule has 0 unspecified atom stereocenters. The molecule has 0 N–H and O–H groups in total. The molecule has 130 valence electrons. The molecule has 3 rings (SSSR count). The SMILES string of the molecule is COc1ccccc1OC(=O)/C=C/c1cc(OC)c2c(c1)OCCO2. The molecule has 1 aliphatic heterocycles. The maximum atomic E-state index is 12.0. The maximum Gasteiger partial charge on any atom is 0.336 e. The van der Waals surface area contributed by atoms with Crippen molar-refractivity contribution in [3.63, 3.8) is 0 Å². The summed E-state index contributed by atoms with van der Waals surface area (Å²) in [5.74, 6) is 2.05. The predicted molar refractivity (Wildman–Crippen MR) is 91.6 cm³/mol. The Hall–Kier alpha value is -3.15. The highest BCUT2D eigenvalue weighted by molar-refractivity contribution is 5.89. The minimum absolute atomic E-state index is 0.361. The summed E-state index contributed by atoms with van der Waals surface area (Å²) in [6.07, 6.45) is 2.95. The van der Waals surface area contributed by atoms with Crippen LogP contribution in [0.25, 0.3) is 6.08 Å². The van der Waals surface area contributed by atoms with E-state index in [9.17, 15) is 4.79 Å². The van der Waals surface area contributed by atoms with Gasteiger partial charge in [0.15, 0.2) is 23.0 Å². The Morgan fingerprint density at radius 3 is 2.48 bits per heavy atom. The van der Waals surface area contributed by atoms with Gasteiger partial charge in [0, 0.05) is 6.08 Å². The third-order valence-electron chi connectivity index (χ3n) is 3.54. The van der Waals surface area contributed by atoms with Crippen LogP contribution in [0.5, 0.6) is 28.7 Å². The first kappa shape index (κ1) is 16.7. The van der Waals surface area contributed by atoms with Gasteiger partial charge in [-0.1, -0.05) is 12.1 Å². The Kier molecular flexibility index (Phi) is 5.09. The number of esters is 1. The number of carbonyl (C=O) groups excluding carboxylic acids is 1. The van der Waals surface area contributed by atoms with Gasteiger partial charge in [0.1, 0.15) is 13.2 Å². The van der Waals surface area contributed by atoms with Gasteiger partial charge in [-0.15, -0.1) is 0 Å². The second-order valence-electron chi connectivity index (χ2n) is 5.15. The summed E-state index contributed by atoms with van der Waals surface area (Å²) in [6, 6.07) is 10.5. The average Bonchev–Trinajstić information content (AvgIpc) is 2.66. The smallest absolute Gasteiger partial charge is 0.336 e. The second-order valence-corrected chi connectivity index (χ2v) is 5.15. The van der Waals surface area contributed by atoms with Gasteiger partial charge in [0.25, 0.3) is 0 Å². The Labute approximate surface area is 145 Å². The van der Waals surface area contributed by atoms with E-state index in [0.717, 1.165) is 5.56 Å². The normalized spacial score (nSPS) is 12.7. The van der Waals surface area contributed by atoms with Crippen LogP contribution >= 0.6 is 0 Å². The van der Waals surface area contributed by atoms with E-state index in [1.807, 2.05) is 0 Å². The number of fused-ring (bicyclic) bond motifs is 1. The lowest BCUT2D eigenvalue weighted by Gasteiger charge is -2.20. The Bertz CT molecular complexity index is 779. The maximum absolute atomic E-state index is 12.0. The van der Waals surface area contributed by atoms with E-state index in [1.54, 1.807) is 49.6 Å². The van der Waals surface area contributed by atoms with Gasteiger partial charge < -0.3 is 23.7 Å². The third-order valence-corrected chi connectivity index (χ3v) is 3.54. The number of rotatable bonds is 5. The summed E-state index contributed by atoms with van der Waals surface area (Å²) < 4.78 is 26.9. The molecule has 0 saturated carbocycles. The molecule has 25 heavy (non-hydrogen) atoms. The lowest BCUT2D eigenvalue weighted by molar-refractivity contribution is -0.129. The Morgan fingerprint density at radius 2 is 1.72 bits per heavy atom. The molecular weight excluding hydrogens is 324 g/mol. The van der Waals surface area contributed by atoms with Crippen LogP contribution in [0.15, 0.2) is 42.5 Å². The number of hydrogen-bond acceptors (Lipinski definition) is 6. The molecule has 2 aromatic rings. The number of carbonyl (C=O) groups is 1. The molecule has 0 saturated heterocycles. The topological polar surface area (TPSA) is 63.2 Å². The largest absolute Gasteiger partial charge is 0.493 e. The van der Waals surface area contributed by atoms with Crippen LogP contribution in [-0.2, 0) is 4.79 Å². The molecule has 2 aromatic carbocycles. The van der Waals surface area contributed by atoms with Crippen molar-refractivity contribution in [2.45, 2.75) is 0 Å². The average molecular weight is 342 g/mol. The van der Waals surface area contributed by atoms with Crippen molar-refractivity contribution in [1.29, 1.82) is 0 Å². The minimum atomic E-state index is -0.515. The zero-order valence-electron chi connectivity index (χ0n) is 14.0. The molecule has 0 bridgehead atoms. The van der Waals surface area contributed by atoms with E-state index in [4.69, 9.17) is 23.7 Å². The van der Waals surface area contributed by atoms with E-state index in [1.165, 1.54) is 13.2 Å². The van der Waals surface area contributed by atoms with Crippen molar-refractivity contribution in [2.24, 2.45) is 0 Å². The van der Waals surface area contributed by atoms with Gasteiger partial charge in [0.05, 0.1) is 14.2 Å². The van der Waals surface area contributed by atoms with E-state index >= 15 is 0 Å². The fraction of sp³-hybridized carbons (Fsp3) is 0.211. The van der Waals surface area contributed by atoms with Crippen molar-refractivity contribution >= 4 is 12.0 Å². The van der Waals surface area contributed by atoms with E-state index in [0.29, 0.717) is 42.0 Å².